The van der Waals surface area contributed by atoms with Crippen molar-refractivity contribution in [2.75, 3.05) is 26.7 Å². The molecule has 4 rings (SSSR count). The maximum atomic E-state index is 13.4. The van der Waals surface area contributed by atoms with Gasteiger partial charge in [0.05, 0.1) is 17.1 Å². The number of sulfonamides is 1. The first kappa shape index (κ1) is 32.4. The van der Waals surface area contributed by atoms with Gasteiger partial charge in [-0.05, 0) is 76.3 Å². The van der Waals surface area contributed by atoms with Gasteiger partial charge in [-0.2, -0.15) is 4.31 Å². The van der Waals surface area contributed by atoms with Crippen LogP contribution in [-0.2, 0) is 35.5 Å². The van der Waals surface area contributed by atoms with Crippen LogP contribution in [0.1, 0.15) is 50.7 Å². The fourth-order valence-electron chi connectivity index (χ4n) is 5.28. The van der Waals surface area contributed by atoms with Crippen LogP contribution in [0.15, 0.2) is 53.4 Å². The number of hydrogen-bond donors (Lipinski definition) is 1. The quantitative estimate of drug-likeness (QED) is 0.402. The molecule has 2 saturated heterocycles. The van der Waals surface area contributed by atoms with Crippen molar-refractivity contribution in [1.82, 2.24) is 14.5 Å². The number of likely N-dealkylation sites (tertiary alicyclic amines) is 1. The maximum Gasteiger partial charge on any atom is 0.415 e. The monoisotopic (exact) mass is 615 g/mol. The van der Waals surface area contributed by atoms with Crippen molar-refractivity contribution in [2.45, 2.75) is 82.1 Å². The van der Waals surface area contributed by atoms with Crippen molar-refractivity contribution in [1.29, 1.82) is 0 Å². The summed E-state index contributed by atoms with van der Waals surface area (Å²) in [4.78, 5) is 40.8. The van der Waals surface area contributed by atoms with E-state index in [1.807, 2.05) is 6.92 Å². The molecule has 0 aliphatic carbocycles. The third kappa shape index (κ3) is 8.33. The molecule has 0 aromatic heterocycles. The second kappa shape index (κ2) is 14.3. The number of nitrogens with one attached hydrogen (secondary N) is 1. The highest BCUT2D eigenvalue weighted by Crippen LogP contribution is 2.27. The molecule has 0 saturated carbocycles. The minimum atomic E-state index is -3.91. The number of piperidine rings is 1. The number of nitrogens with zero attached hydrogens (tertiary/aromatic N) is 2. The van der Waals surface area contributed by atoms with Gasteiger partial charge >= 0.3 is 12.1 Å². The van der Waals surface area contributed by atoms with Gasteiger partial charge in [-0.3, -0.25) is 4.79 Å². The molecular formula is C31H41N3O8S. The van der Waals surface area contributed by atoms with Crippen molar-refractivity contribution in [3.05, 3.63) is 59.7 Å². The zero-order chi connectivity index (χ0) is 31.1. The molecule has 234 valence electrons. The van der Waals surface area contributed by atoms with Crippen molar-refractivity contribution >= 4 is 28.0 Å². The summed E-state index contributed by atoms with van der Waals surface area (Å²) in [7, 11) is -2.24. The van der Waals surface area contributed by atoms with Gasteiger partial charge in [-0.15, -0.1) is 0 Å². The molecule has 0 spiro atoms. The van der Waals surface area contributed by atoms with E-state index >= 15 is 0 Å². The fraction of sp³-hybridized carbons (Fsp3) is 0.516. The van der Waals surface area contributed by atoms with E-state index in [0.717, 1.165) is 18.4 Å². The highest BCUT2D eigenvalue weighted by molar-refractivity contribution is 7.89. The standard InChI is InChI=1S/C31H41N3O8S/c1-21(2)41-30(36)27(20-23-9-11-25(12-10-23)42-31(37)33-18-15-24(40-4)16-19-33)32-29(35)28-6-5-17-34(28)43(38,39)26-13-7-22(3)8-14-26/h7-14,21,24,27-28H,5-6,15-20H2,1-4H3,(H,32,35)/t27-,28-/m0/s1. The van der Waals surface area contributed by atoms with E-state index in [1.54, 1.807) is 62.3 Å². The van der Waals surface area contributed by atoms with Gasteiger partial charge < -0.3 is 24.4 Å². The number of carbonyl (C=O) groups is 3. The first-order valence-corrected chi connectivity index (χ1v) is 16.1. The Balaban J connectivity index is 1.42. The molecule has 0 bridgehead atoms. The van der Waals surface area contributed by atoms with E-state index in [-0.39, 0.29) is 24.0 Å². The third-order valence-electron chi connectivity index (χ3n) is 7.69. The molecule has 2 aliphatic heterocycles. The van der Waals surface area contributed by atoms with E-state index in [9.17, 15) is 22.8 Å². The number of esters is 1. The van der Waals surface area contributed by atoms with Crippen LogP contribution in [0.4, 0.5) is 4.79 Å². The summed E-state index contributed by atoms with van der Waals surface area (Å²) in [6.07, 6.45) is 1.77. The van der Waals surface area contributed by atoms with E-state index < -0.39 is 46.2 Å². The number of carbonyl (C=O) groups excluding carboxylic acids is 3. The molecule has 43 heavy (non-hydrogen) atoms. The van der Waals surface area contributed by atoms with Gasteiger partial charge in [0.15, 0.2) is 0 Å². The molecule has 2 amide bonds. The van der Waals surface area contributed by atoms with Crippen molar-refractivity contribution in [2.24, 2.45) is 0 Å². The number of amides is 2. The average molecular weight is 616 g/mol. The summed E-state index contributed by atoms with van der Waals surface area (Å²) >= 11 is 0. The van der Waals surface area contributed by atoms with Gasteiger partial charge in [-0.25, -0.2) is 18.0 Å². The van der Waals surface area contributed by atoms with Crippen LogP contribution in [0.5, 0.6) is 5.75 Å². The summed E-state index contributed by atoms with van der Waals surface area (Å²) in [5.74, 6) is -0.818. The molecular weight excluding hydrogens is 574 g/mol. The lowest BCUT2D eigenvalue weighted by Gasteiger charge is -2.30. The highest BCUT2D eigenvalue weighted by Gasteiger charge is 2.40. The lowest BCUT2D eigenvalue weighted by Crippen LogP contribution is -2.52. The second-order valence-electron chi connectivity index (χ2n) is 11.3. The normalized spacial score (nSPS) is 18.8. The zero-order valence-electron chi connectivity index (χ0n) is 25.2. The Morgan fingerprint density at radius 2 is 1.60 bits per heavy atom. The topological polar surface area (TPSA) is 132 Å². The number of hydrogen-bond acceptors (Lipinski definition) is 8. The van der Waals surface area contributed by atoms with Gasteiger partial charge in [0.2, 0.25) is 15.9 Å². The van der Waals surface area contributed by atoms with E-state index in [2.05, 4.69) is 5.32 Å². The van der Waals surface area contributed by atoms with Crippen LogP contribution in [-0.4, -0.2) is 86.6 Å². The number of ether oxygens (including phenoxy) is 3. The fourth-order valence-corrected chi connectivity index (χ4v) is 6.94. The molecule has 2 fully saturated rings. The van der Waals surface area contributed by atoms with E-state index in [4.69, 9.17) is 14.2 Å². The highest BCUT2D eigenvalue weighted by atomic mass is 32.2. The molecule has 2 aliphatic rings. The number of rotatable bonds is 10. The number of benzene rings is 2. The molecule has 2 aromatic rings. The Morgan fingerprint density at radius 3 is 2.21 bits per heavy atom. The first-order chi connectivity index (χ1) is 20.5. The van der Waals surface area contributed by atoms with E-state index in [0.29, 0.717) is 37.2 Å². The Hall–Kier alpha value is -3.48. The average Bonchev–Trinajstić information content (AvgIpc) is 3.49. The lowest BCUT2D eigenvalue weighted by atomic mass is 10.0. The lowest BCUT2D eigenvalue weighted by molar-refractivity contribution is -0.151. The summed E-state index contributed by atoms with van der Waals surface area (Å²) in [6.45, 7) is 6.61. The minimum absolute atomic E-state index is 0.105. The first-order valence-electron chi connectivity index (χ1n) is 14.7. The summed E-state index contributed by atoms with van der Waals surface area (Å²) in [5, 5.41) is 2.75. The molecule has 12 heteroatoms. The van der Waals surface area contributed by atoms with Crippen molar-refractivity contribution < 1.29 is 37.0 Å². The largest absolute Gasteiger partial charge is 0.461 e. The van der Waals surface area contributed by atoms with Crippen LogP contribution in [0.25, 0.3) is 0 Å². The van der Waals surface area contributed by atoms with Crippen LogP contribution >= 0.6 is 0 Å². The summed E-state index contributed by atoms with van der Waals surface area (Å²) in [5.41, 5.74) is 1.62. The zero-order valence-corrected chi connectivity index (χ0v) is 26.0. The molecule has 2 atom stereocenters. The van der Waals surface area contributed by atoms with Crippen LogP contribution < -0.4 is 10.1 Å². The Labute approximate surface area is 253 Å². The molecule has 11 nitrogen and oxygen atoms in total. The van der Waals surface area contributed by atoms with Crippen LogP contribution in [0, 0.1) is 6.92 Å². The molecule has 2 heterocycles. The van der Waals surface area contributed by atoms with E-state index in [1.165, 1.54) is 16.4 Å². The predicted molar refractivity (Wildman–Crippen MR) is 159 cm³/mol. The third-order valence-corrected chi connectivity index (χ3v) is 9.61. The SMILES string of the molecule is COC1CCN(C(=O)Oc2ccc(C[C@H](NC(=O)[C@@H]3CCCN3S(=O)(=O)c3ccc(C)cc3)C(=O)OC(C)C)cc2)CC1. The number of aryl methyl sites for hydroxylation is 1. The van der Waals surface area contributed by atoms with Crippen molar-refractivity contribution in [3.8, 4) is 5.75 Å². The van der Waals surface area contributed by atoms with Gasteiger partial charge in [0, 0.05) is 33.2 Å². The molecule has 0 unspecified atom stereocenters. The minimum Gasteiger partial charge on any atom is -0.461 e. The maximum absolute atomic E-state index is 13.4. The predicted octanol–water partition coefficient (Wildman–Crippen LogP) is 3.44. The molecule has 1 N–H and O–H groups in total. The second-order valence-corrected chi connectivity index (χ2v) is 13.2. The summed E-state index contributed by atoms with van der Waals surface area (Å²) in [6, 6.07) is 11.2. The Morgan fingerprint density at radius 1 is 0.953 bits per heavy atom. The Kier molecular flexibility index (Phi) is 10.8. The van der Waals surface area contributed by atoms with Gasteiger partial charge in [-0.1, -0.05) is 29.8 Å². The molecule has 2 aromatic carbocycles. The van der Waals surface area contributed by atoms with Crippen molar-refractivity contribution in [3.63, 3.8) is 0 Å². The smallest absolute Gasteiger partial charge is 0.415 e. The van der Waals surface area contributed by atoms with Gasteiger partial charge in [0.25, 0.3) is 0 Å². The van der Waals surface area contributed by atoms with Crippen LogP contribution in [0.3, 0.4) is 0 Å². The van der Waals surface area contributed by atoms with Gasteiger partial charge in [0.1, 0.15) is 17.8 Å². The molecule has 0 radical (unpaired) electrons. The van der Waals surface area contributed by atoms with Crippen LogP contribution in [0.2, 0.25) is 0 Å². The number of methoxy groups -OCH3 is 1. The summed E-state index contributed by atoms with van der Waals surface area (Å²) < 4.78 is 44.2. The Bertz CT molecular complexity index is 1370.